The molecule has 0 spiro atoms. The van der Waals surface area contributed by atoms with E-state index >= 15 is 0 Å². The standard InChI is InChI=1S/C7H11NO2/c1-6-2-7(8,3-6)5(9)10-4-6/h2-4,8H2,1H3. The summed E-state index contributed by atoms with van der Waals surface area (Å²) in [7, 11) is 0. The Morgan fingerprint density at radius 1 is 1.60 bits per heavy atom. The molecule has 3 rings (SSSR count). The van der Waals surface area contributed by atoms with Gasteiger partial charge in [-0.25, -0.2) is 0 Å². The Labute approximate surface area is 59.5 Å². The van der Waals surface area contributed by atoms with Gasteiger partial charge in [0.2, 0.25) is 0 Å². The fourth-order valence-corrected chi connectivity index (χ4v) is 2.10. The molecule has 3 aliphatic rings. The number of rotatable bonds is 0. The Bertz CT molecular complexity index is 194. The topological polar surface area (TPSA) is 52.3 Å². The Kier molecular flexibility index (Phi) is 0.844. The van der Waals surface area contributed by atoms with Crippen molar-refractivity contribution in [1.29, 1.82) is 0 Å². The van der Waals surface area contributed by atoms with Crippen LogP contribution >= 0.6 is 0 Å². The zero-order chi connectivity index (χ0) is 7.41. The SMILES string of the molecule is CC12COC(=O)C(N)(C1)C2. The second-order valence-electron chi connectivity index (χ2n) is 3.90. The van der Waals surface area contributed by atoms with E-state index in [-0.39, 0.29) is 11.4 Å². The van der Waals surface area contributed by atoms with E-state index in [9.17, 15) is 4.79 Å². The molecule has 0 aromatic heterocycles. The summed E-state index contributed by atoms with van der Waals surface area (Å²) in [6.07, 6.45) is 1.61. The molecule has 1 aliphatic carbocycles. The molecule has 2 aliphatic heterocycles. The molecular weight excluding hydrogens is 130 g/mol. The maximum atomic E-state index is 10.9. The smallest absolute Gasteiger partial charge is 0.326 e. The fourth-order valence-electron chi connectivity index (χ4n) is 2.10. The third kappa shape index (κ3) is 0.560. The van der Waals surface area contributed by atoms with E-state index in [1.807, 2.05) is 0 Å². The van der Waals surface area contributed by atoms with Gasteiger partial charge >= 0.3 is 5.97 Å². The van der Waals surface area contributed by atoms with Gasteiger partial charge in [-0.3, -0.25) is 4.79 Å². The van der Waals surface area contributed by atoms with Crippen molar-refractivity contribution in [3.63, 3.8) is 0 Å². The minimum Gasteiger partial charge on any atom is -0.464 e. The van der Waals surface area contributed by atoms with Crippen LogP contribution in [0.1, 0.15) is 19.8 Å². The average molecular weight is 141 g/mol. The van der Waals surface area contributed by atoms with Gasteiger partial charge in [0.15, 0.2) is 0 Å². The Balaban J connectivity index is 2.23. The number of ether oxygens (including phenoxy) is 1. The summed E-state index contributed by atoms with van der Waals surface area (Å²) in [6.45, 7) is 2.66. The number of esters is 1. The van der Waals surface area contributed by atoms with Crippen LogP contribution in [0.2, 0.25) is 0 Å². The predicted molar refractivity (Wildman–Crippen MR) is 35.2 cm³/mol. The van der Waals surface area contributed by atoms with Gasteiger partial charge in [0.05, 0.1) is 6.61 Å². The lowest BCUT2D eigenvalue weighted by Crippen LogP contribution is -2.68. The van der Waals surface area contributed by atoms with Crippen LogP contribution in [0.3, 0.4) is 0 Å². The van der Waals surface area contributed by atoms with E-state index in [0.717, 1.165) is 12.8 Å². The first-order valence-corrected chi connectivity index (χ1v) is 3.50. The minimum atomic E-state index is -0.618. The summed E-state index contributed by atoms with van der Waals surface area (Å²) >= 11 is 0. The van der Waals surface area contributed by atoms with Crippen LogP contribution in [0.4, 0.5) is 0 Å². The zero-order valence-corrected chi connectivity index (χ0v) is 6.02. The summed E-state index contributed by atoms with van der Waals surface area (Å²) < 4.78 is 4.88. The average Bonchev–Trinajstić information content (AvgIpc) is 1.76. The number of hydrogen-bond donors (Lipinski definition) is 1. The second-order valence-corrected chi connectivity index (χ2v) is 3.90. The fraction of sp³-hybridized carbons (Fsp3) is 0.857. The van der Waals surface area contributed by atoms with Crippen LogP contribution in [-0.2, 0) is 9.53 Å². The number of fused-ring (bicyclic) bond motifs is 2. The molecule has 0 aromatic rings. The van der Waals surface area contributed by atoms with Crippen molar-refractivity contribution >= 4 is 5.97 Å². The van der Waals surface area contributed by atoms with E-state index < -0.39 is 5.54 Å². The van der Waals surface area contributed by atoms with Crippen molar-refractivity contribution in [1.82, 2.24) is 0 Å². The van der Waals surface area contributed by atoms with Gasteiger partial charge in [0.1, 0.15) is 5.54 Å². The highest BCUT2D eigenvalue weighted by Gasteiger charge is 2.59. The number of hydrogen-bond acceptors (Lipinski definition) is 3. The van der Waals surface area contributed by atoms with Crippen LogP contribution in [0.15, 0.2) is 0 Å². The molecule has 2 N–H and O–H groups in total. The Morgan fingerprint density at radius 3 is 2.60 bits per heavy atom. The molecule has 0 unspecified atom stereocenters. The molecule has 0 aromatic carbocycles. The molecule has 3 heteroatoms. The molecule has 0 radical (unpaired) electrons. The highest BCUT2D eigenvalue weighted by molar-refractivity contribution is 5.83. The van der Waals surface area contributed by atoms with Gasteiger partial charge < -0.3 is 10.5 Å². The maximum absolute atomic E-state index is 10.9. The number of nitrogens with two attached hydrogens (primary N) is 1. The van der Waals surface area contributed by atoms with Crippen LogP contribution in [-0.4, -0.2) is 18.1 Å². The van der Waals surface area contributed by atoms with Gasteiger partial charge in [-0.1, -0.05) is 6.92 Å². The van der Waals surface area contributed by atoms with Gasteiger partial charge in [-0.15, -0.1) is 0 Å². The molecule has 10 heavy (non-hydrogen) atoms. The summed E-state index contributed by atoms with van der Waals surface area (Å²) in [6, 6.07) is 0. The van der Waals surface area contributed by atoms with Gasteiger partial charge in [0, 0.05) is 5.41 Å². The van der Waals surface area contributed by atoms with E-state index in [4.69, 9.17) is 10.5 Å². The summed E-state index contributed by atoms with van der Waals surface area (Å²) in [5, 5.41) is 0. The van der Waals surface area contributed by atoms with Crippen LogP contribution in [0.25, 0.3) is 0 Å². The van der Waals surface area contributed by atoms with Crippen LogP contribution < -0.4 is 5.73 Å². The normalized spacial score (nSPS) is 51.6. The predicted octanol–water partition coefficient (Wildman–Crippen LogP) is 0.0408. The Hall–Kier alpha value is -0.570. The lowest BCUT2D eigenvalue weighted by molar-refractivity contribution is -0.185. The number of carbonyl (C=O) groups excluding carboxylic acids is 1. The van der Waals surface area contributed by atoms with Crippen molar-refractivity contribution in [3.8, 4) is 0 Å². The lowest BCUT2D eigenvalue weighted by Gasteiger charge is -2.54. The van der Waals surface area contributed by atoms with Gasteiger partial charge in [-0.05, 0) is 12.8 Å². The maximum Gasteiger partial charge on any atom is 0.326 e. The van der Waals surface area contributed by atoms with E-state index in [0.29, 0.717) is 6.61 Å². The first-order valence-electron chi connectivity index (χ1n) is 3.50. The molecule has 1 saturated carbocycles. The molecule has 3 fully saturated rings. The quantitative estimate of drug-likeness (QED) is 0.484. The first-order chi connectivity index (χ1) is 4.54. The monoisotopic (exact) mass is 141 g/mol. The molecule has 2 saturated heterocycles. The van der Waals surface area contributed by atoms with Crippen molar-refractivity contribution in [3.05, 3.63) is 0 Å². The minimum absolute atomic E-state index is 0.197. The molecule has 56 valence electrons. The van der Waals surface area contributed by atoms with E-state index in [1.54, 1.807) is 0 Å². The van der Waals surface area contributed by atoms with E-state index in [1.165, 1.54) is 0 Å². The first kappa shape index (κ1) is 6.16. The van der Waals surface area contributed by atoms with Crippen molar-refractivity contribution < 1.29 is 9.53 Å². The van der Waals surface area contributed by atoms with Gasteiger partial charge in [-0.2, -0.15) is 0 Å². The molecule has 3 nitrogen and oxygen atoms in total. The molecule has 2 bridgehead atoms. The van der Waals surface area contributed by atoms with Crippen molar-refractivity contribution in [2.24, 2.45) is 11.1 Å². The molecule has 0 amide bonds. The highest BCUT2D eigenvalue weighted by atomic mass is 16.5. The largest absolute Gasteiger partial charge is 0.464 e. The lowest BCUT2D eigenvalue weighted by atomic mass is 9.57. The molecule has 0 atom stereocenters. The summed E-state index contributed by atoms with van der Waals surface area (Å²) in [5.41, 5.74) is 5.28. The van der Waals surface area contributed by atoms with Crippen LogP contribution in [0, 0.1) is 5.41 Å². The third-order valence-corrected chi connectivity index (χ3v) is 2.44. The van der Waals surface area contributed by atoms with Crippen molar-refractivity contribution in [2.45, 2.75) is 25.3 Å². The number of carbonyl (C=O) groups is 1. The van der Waals surface area contributed by atoms with Crippen molar-refractivity contribution in [2.75, 3.05) is 6.61 Å². The second kappa shape index (κ2) is 1.37. The Morgan fingerprint density at radius 2 is 2.20 bits per heavy atom. The van der Waals surface area contributed by atoms with Gasteiger partial charge in [0.25, 0.3) is 0 Å². The zero-order valence-electron chi connectivity index (χ0n) is 6.02. The van der Waals surface area contributed by atoms with E-state index in [2.05, 4.69) is 6.92 Å². The summed E-state index contributed by atoms with van der Waals surface area (Å²) in [4.78, 5) is 10.9. The molecular formula is C7H11NO2. The van der Waals surface area contributed by atoms with Crippen LogP contribution in [0.5, 0.6) is 0 Å². The highest BCUT2D eigenvalue weighted by Crippen LogP contribution is 2.50. The third-order valence-electron chi connectivity index (χ3n) is 2.44. The molecule has 2 heterocycles. The summed E-state index contributed by atoms with van der Waals surface area (Å²) in [5.74, 6) is -0.212.